The number of rotatable bonds is 8. The van der Waals surface area contributed by atoms with E-state index in [0.29, 0.717) is 69.3 Å². The van der Waals surface area contributed by atoms with Crippen molar-refractivity contribution in [3.63, 3.8) is 0 Å². The number of nitrogens with zero attached hydrogens (tertiary/aromatic N) is 4. The Bertz CT molecular complexity index is 1430. The number of amides is 4. The van der Waals surface area contributed by atoms with Crippen LogP contribution in [0.25, 0.3) is 0 Å². The van der Waals surface area contributed by atoms with Crippen molar-refractivity contribution in [3.05, 3.63) is 53.1 Å². The molecule has 47 heavy (non-hydrogen) atoms. The molecule has 0 radical (unpaired) electrons. The number of hydrogen-bond donors (Lipinski definition) is 2. The average Bonchev–Trinajstić information content (AvgIpc) is 3.27. The van der Waals surface area contributed by atoms with Gasteiger partial charge in [0.25, 0.3) is 0 Å². The van der Waals surface area contributed by atoms with E-state index in [9.17, 15) is 19.5 Å². The first-order valence-corrected chi connectivity index (χ1v) is 17.2. The number of methoxy groups -OCH3 is 1. The molecular weight excluding hydrogens is 598 g/mol. The fraction of sp³-hybridized carbons (Fsp3) is 0.583. The molecule has 0 aliphatic carbocycles. The minimum atomic E-state index is -0.529. The molecule has 0 spiro atoms. The van der Waals surface area contributed by atoms with Crippen molar-refractivity contribution in [1.29, 1.82) is 0 Å². The number of carbonyl (C=O) groups excluding carboxylic acids is 3. The van der Waals surface area contributed by atoms with Crippen LogP contribution >= 0.6 is 0 Å². The summed E-state index contributed by atoms with van der Waals surface area (Å²) in [6.45, 7) is 8.09. The summed E-state index contributed by atoms with van der Waals surface area (Å²) in [7, 11) is 1.51. The maximum Gasteiger partial charge on any atom is 0.322 e. The summed E-state index contributed by atoms with van der Waals surface area (Å²) in [6, 6.07) is 12.1. The number of phenolic OH excluding ortho intramolecular Hbond substituents is 1. The predicted octanol–water partition coefficient (Wildman–Crippen LogP) is 3.66. The molecule has 4 heterocycles. The number of hydrogen-bond acceptors (Lipinski definition) is 7. The fourth-order valence-electron chi connectivity index (χ4n) is 7.74. The van der Waals surface area contributed by atoms with Crippen LogP contribution in [0.1, 0.15) is 48.8 Å². The summed E-state index contributed by atoms with van der Waals surface area (Å²) in [5.74, 6) is -0.101. The second-order valence-electron chi connectivity index (χ2n) is 13.4. The number of benzene rings is 2. The van der Waals surface area contributed by atoms with Crippen molar-refractivity contribution >= 4 is 23.5 Å². The highest BCUT2D eigenvalue weighted by Crippen LogP contribution is 2.33. The number of carbonyl (C=O) groups is 3. The molecule has 11 heteroatoms. The van der Waals surface area contributed by atoms with E-state index in [1.807, 2.05) is 45.9 Å². The first-order chi connectivity index (χ1) is 22.8. The number of piperazine rings is 1. The van der Waals surface area contributed by atoms with Crippen molar-refractivity contribution in [3.8, 4) is 11.5 Å². The SMILES string of the molecule is COc1cc(CC(CC(=O)N2CCC(N3CCc4ccccc4NC3=O)CC2)C(=O)N2CCN(C3CCOCC3)CC2)cc(C)c1O. The van der Waals surface area contributed by atoms with Crippen molar-refractivity contribution in [2.24, 2.45) is 5.92 Å². The molecule has 4 aliphatic rings. The zero-order valence-corrected chi connectivity index (χ0v) is 27.8. The second-order valence-corrected chi connectivity index (χ2v) is 13.4. The maximum atomic E-state index is 14.1. The van der Waals surface area contributed by atoms with E-state index in [0.717, 1.165) is 62.4 Å². The van der Waals surface area contributed by atoms with Crippen LogP contribution in [0.15, 0.2) is 36.4 Å². The van der Waals surface area contributed by atoms with Gasteiger partial charge < -0.3 is 34.6 Å². The molecule has 4 aliphatic heterocycles. The molecule has 2 N–H and O–H groups in total. The van der Waals surface area contributed by atoms with E-state index in [2.05, 4.69) is 16.3 Å². The van der Waals surface area contributed by atoms with Gasteiger partial charge >= 0.3 is 6.03 Å². The Hall–Kier alpha value is -3.83. The molecule has 6 rings (SSSR count). The Balaban J connectivity index is 1.10. The fourth-order valence-corrected chi connectivity index (χ4v) is 7.74. The Labute approximate surface area is 277 Å². The summed E-state index contributed by atoms with van der Waals surface area (Å²) < 4.78 is 10.9. The molecule has 254 valence electrons. The van der Waals surface area contributed by atoms with Crippen molar-refractivity contribution in [1.82, 2.24) is 19.6 Å². The lowest BCUT2D eigenvalue weighted by Gasteiger charge is -2.41. The normalized spacial score (nSPS) is 20.7. The van der Waals surface area contributed by atoms with Crippen molar-refractivity contribution in [2.45, 2.75) is 64.0 Å². The molecule has 0 saturated carbocycles. The van der Waals surface area contributed by atoms with Gasteiger partial charge in [-0.05, 0) is 74.3 Å². The molecule has 1 atom stereocenters. The lowest BCUT2D eigenvalue weighted by atomic mass is 9.92. The molecule has 3 saturated heterocycles. The lowest BCUT2D eigenvalue weighted by molar-refractivity contribution is -0.143. The standard InChI is InChI=1S/C36H49N5O6/c1-25-21-26(23-32(46-2)34(25)43)22-28(35(44)40-17-15-38(16-18-40)29-10-19-47-20-11-29)24-33(42)39-12-8-30(9-13-39)41-14-7-27-5-3-4-6-31(27)37-36(41)45/h3-6,21,23,28-30,43H,7-20,22,24H2,1-2H3,(H,37,45). The second kappa shape index (κ2) is 14.9. The van der Waals surface area contributed by atoms with Gasteiger partial charge in [-0.15, -0.1) is 0 Å². The topological polar surface area (TPSA) is 115 Å². The number of likely N-dealkylation sites (tertiary alicyclic amines) is 1. The smallest absolute Gasteiger partial charge is 0.322 e. The minimum Gasteiger partial charge on any atom is -0.504 e. The maximum absolute atomic E-state index is 14.1. The van der Waals surface area contributed by atoms with Gasteiger partial charge in [0.2, 0.25) is 11.8 Å². The summed E-state index contributed by atoms with van der Waals surface area (Å²) in [6.07, 6.45) is 4.76. The van der Waals surface area contributed by atoms with Crippen LogP contribution in [0, 0.1) is 12.8 Å². The van der Waals surface area contributed by atoms with Crippen LogP contribution in [-0.2, 0) is 27.2 Å². The molecular formula is C36H49N5O6. The third-order valence-electron chi connectivity index (χ3n) is 10.5. The number of para-hydroxylation sites is 1. The van der Waals surface area contributed by atoms with Crippen LogP contribution in [0.5, 0.6) is 11.5 Å². The number of aryl methyl sites for hydroxylation is 1. The Morgan fingerprint density at radius 1 is 0.957 bits per heavy atom. The van der Waals surface area contributed by atoms with E-state index in [1.54, 1.807) is 6.07 Å². The number of ether oxygens (including phenoxy) is 2. The van der Waals surface area contributed by atoms with E-state index in [1.165, 1.54) is 7.11 Å². The average molecular weight is 648 g/mol. The third kappa shape index (κ3) is 7.67. The molecule has 2 aromatic carbocycles. The van der Waals surface area contributed by atoms with Gasteiger partial charge in [0, 0.05) is 83.2 Å². The van der Waals surface area contributed by atoms with Gasteiger partial charge in [0.15, 0.2) is 11.5 Å². The van der Waals surface area contributed by atoms with Crippen LogP contribution in [0.3, 0.4) is 0 Å². The summed E-state index contributed by atoms with van der Waals surface area (Å²) in [5.41, 5.74) is 3.54. The zero-order chi connectivity index (χ0) is 32.9. The highest BCUT2D eigenvalue weighted by atomic mass is 16.5. The number of piperidine rings is 1. The zero-order valence-electron chi connectivity index (χ0n) is 27.8. The number of anilines is 1. The first kappa shape index (κ1) is 33.1. The number of phenols is 1. The van der Waals surface area contributed by atoms with Gasteiger partial charge in [-0.3, -0.25) is 14.5 Å². The molecule has 0 bridgehead atoms. The highest BCUT2D eigenvalue weighted by molar-refractivity contribution is 5.91. The van der Waals surface area contributed by atoms with Gasteiger partial charge in [0.1, 0.15) is 0 Å². The number of fused-ring (bicyclic) bond motifs is 1. The highest BCUT2D eigenvalue weighted by Gasteiger charge is 2.35. The molecule has 1 unspecified atom stereocenters. The van der Waals surface area contributed by atoms with Crippen LogP contribution in [0.2, 0.25) is 0 Å². The van der Waals surface area contributed by atoms with E-state index in [-0.39, 0.29) is 36.1 Å². The van der Waals surface area contributed by atoms with Crippen LogP contribution in [0.4, 0.5) is 10.5 Å². The van der Waals surface area contributed by atoms with E-state index < -0.39 is 5.92 Å². The number of nitrogens with one attached hydrogen (secondary N) is 1. The molecule has 11 nitrogen and oxygen atoms in total. The first-order valence-electron chi connectivity index (χ1n) is 17.2. The van der Waals surface area contributed by atoms with Crippen molar-refractivity contribution in [2.75, 3.05) is 71.5 Å². The Morgan fingerprint density at radius 3 is 2.40 bits per heavy atom. The molecule has 4 amide bonds. The largest absolute Gasteiger partial charge is 0.504 e. The van der Waals surface area contributed by atoms with Gasteiger partial charge in [-0.1, -0.05) is 24.3 Å². The molecule has 2 aromatic rings. The number of urea groups is 1. The van der Waals surface area contributed by atoms with E-state index >= 15 is 0 Å². The van der Waals surface area contributed by atoms with Gasteiger partial charge in [0.05, 0.1) is 13.0 Å². The lowest BCUT2D eigenvalue weighted by Crippen LogP contribution is -2.54. The van der Waals surface area contributed by atoms with Crippen LogP contribution < -0.4 is 10.1 Å². The third-order valence-corrected chi connectivity index (χ3v) is 10.5. The predicted molar refractivity (Wildman–Crippen MR) is 179 cm³/mol. The minimum absolute atomic E-state index is 0.00497. The van der Waals surface area contributed by atoms with Crippen molar-refractivity contribution < 1.29 is 29.0 Å². The molecule has 0 aromatic heterocycles. The molecule has 3 fully saturated rings. The summed E-state index contributed by atoms with van der Waals surface area (Å²) >= 11 is 0. The van der Waals surface area contributed by atoms with Gasteiger partial charge in [-0.2, -0.15) is 0 Å². The Morgan fingerprint density at radius 2 is 1.68 bits per heavy atom. The summed E-state index contributed by atoms with van der Waals surface area (Å²) in [4.78, 5) is 49.2. The van der Waals surface area contributed by atoms with Gasteiger partial charge in [-0.25, -0.2) is 4.79 Å². The monoisotopic (exact) mass is 647 g/mol. The number of aromatic hydroxyl groups is 1. The summed E-state index contributed by atoms with van der Waals surface area (Å²) in [5, 5.41) is 13.5. The quantitative estimate of drug-likeness (QED) is 0.450. The van der Waals surface area contributed by atoms with Crippen LogP contribution in [-0.4, -0.2) is 121 Å². The van der Waals surface area contributed by atoms with E-state index in [4.69, 9.17) is 9.47 Å². The Kier molecular flexibility index (Phi) is 10.5.